The second-order valence-corrected chi connectivity index (χ2v) is 14.9. The molecular weight excluding hydrogens is 505 g/mol. The van der Waals surface area contributed by atoms with Gasteiger partial charge in [-0.15, -0.1) is 0 Å². The number of nitrogens with zero attached hydrogens (tertiary/aromatic N) is 3. The number of fused-ring (bicyclic) bond motifs is 5. The minimum absolute atomic E-state index is 0.0474. The standard InChI is InChI=1S/C36H35N3P/c1-35(2,3)24-18-20-37-29(22-24)27-14-10-16-30-33(27)40-34-28(32-23-25(36(4,5)6)19-21-38(32)40)15-11-17-31(34)39(30)26-12-8-7-9-13-26/h7-23H,1-6H3/q+1. The lowest BCUT2D eigenvalue weighted by Crippen LogP contribution is -2.21. The molecule has 1 unspecified atom stereocenters. The van der Waals surface area contributed by atoms with E-state index in [0.29, 0.717) is 0 Å². The van der Waals surface area contributed by atoms with Crippen molar-refractivity contribution in [3.8, 4) is 16.6 Å². The Bertz CT molecular complexity index is 1920. The fraction of sp³-hybridized carbons (Fsp3) is 0.222. The Morgan fingerprint density at radius 2 is 1.40 bits per heavy atom. The largest absolute Gasteiger partial charge is 0.308 e. The van der Waals surface area contributed by atoms with Crippen LogP contribution < -0.4 is 9.06 Å². The zero-order valence-corrected chi connectivity index (χ0v) is 25.0. The zero-order chi connectivity index (χ0) is 27.8. The van der Waals surface area contributed by atoms with Crippen LogP contribution in [0.25, 0.3) is 32.6 Å². The molecule has 6 aromatic rings. The van der Waals surface area contributed by atoms with Gasteiger partial charge in [-0.3, -0.25) is 4.98 Å². The maximum Gasteiger partial charge on any atom is 0.221 e. The van der Waals surface area contributed by atoms with Crippen molar-refractivity contribution in [3.05, 3.63) is 115 Å². The Hall–Kier alpha value is -3.94. The fourth-order valence-corrected chi connectivity index (χ4v) is 8.83. The molecule has 4 heteroatoms. The molecule has 0 spiro atoms. The summed E-state index contributed by atoms with van der Waals surface area (Å²) < 4.78 is 2.55. The molecule has 1 atom stereocenters. The van der Waals surface area contributed by atoms with Crippen LogP contribution in [-0.4, -0.2) is 4.98 Å². The van der Waals surface area contributed by atoms with Crippen molar-refractivity contribution in [1.29, 1.82) is 0 Å². The summed E-state index contributed by atoms with van der Waals surface area (Å²) in [6.07, 6.45) is 4.31. The fourth-order valence-electron chi connectivity index (χ4n) is 5.97. The summed E-state index contributed by atoms with van der Waals surface area (Å²) in [4.78, 5) is 7.42. The highest BCUT2D eigenvalue weighted by molar-refractivity contribution is 7.57. The van der Waals surface area contributed by atoms with Crippen molar-refractivity contribution < 1.29 is 4.16 Å². The molecule has 0 saturated carbocycles. The molecule has 0 saturated heterocycles. The van der Waals surface area contributed by atoms with Crippen LogP contribution in [0.3, 0.4) is 0 Å². The molecule has 1 aliphatic heterocycles. The summed E-state index contributed by atoms with van der Waals surface area (Å²) in [6.45, 7) is 13.7. The molecule has 0 radical (unpaired) electrons. The van der Waals surface area contributed by atoms with E-state index in [1.807, 2.05) is 6.20 Å². The van der Waals surface area contributed by atoms with Gasteiger partial charge in [0, 0.05) is 29.6 Å². The first-order valence-corrected chi connectivity index (χ1v) is 15.4. The topological polar surface area (TPSA) is 20.2 Å². The summed E-state index contributed by atoms with van der Waals surface area (Å²) in [5.74, 6) is 0. The molecule has 0 N–H and O–H groups in total. The van der Waals surface area contributed by atoms with Crippen molar-refractivity contribution in [1.82, 2.24) is 4.98 Å². The number of para-hydroxylation sites is 1. The highest BCUT2D eigenvalue weighted by Gasteiger charge is 2.37. The van der Waals surface area contributed by atoms with E-state index in [0.717, 1.165) is 5.69 Å². The van der Waals surface area contributed by atoms with Gasteiger partial charge in [-0.05, 0) is 64.4 Å². The molecule has 4 heterocycles. The lowest BCUT2D eigenvalue weighted by Gasteiger charge is -2.31. The molecule has 0 fully saturated rings. The number of rotatable bonds is 2. The van der Waals surface area contributed by atoms with Gasteiger partial charge < -0.3 is 4.90 Å². The highest BCUT2D eigenvalue weighted by Crippen LogP contribution is 2.61. The molecule has 7 rings (SSSR count). The van der Waals surface area contributed by atoms with Gasteiger partial charge in [0.1, 0.15) is 0 Å². The van der Waals surface area contributed by atoms with Crippen LogP contribution in [0, 0.1) is 0 Å². The van der Waals surface area contributed by atoms with Gasteiger partial charge >= 0.3 is 0 Å². The predicted octanol–water partition coefficient (Wildman–Crippen LogP) is 9.99. The van der Waals surface area contributed by atoms with Crippen LogP contribution in [0.5, 0.6) is 0 Å². The van der Waals surface area contributed by atoms with Crippen LogP contribution in [0.1, 0.15) is 52.7 Å². The first kappa shape index (κ1) is 25.1. The summed E-state index contributed by atoms with van der Waals surface area (Å²) in [7, 11) is -0.837. The van der Waals surface area contributed by atoms with E-state index in [4.69, 9.17) is 4.98 Å². The summed E-state index contributed by atoms with van der Waals surface area (Å²) >= 11 is 0. The number of benzene rings is 3. The Labute approximate surface area is 237 Å². The van der Waals surface area contributed by atoms with Crippen molar-refractivity contribution in [2.24, 2.45) is 0 Å². The van der Waals surface area contributed by atoms with Crippen LogP contribution in [0.2, 0.25) is 0 Å². The Morgan fingerprint density at radius 1 is 0.700 bits per heavy atom. The molecule has 198 valence electrons. The predicted molar refractivity (Wildman–Crippen MR) is 170 cm³/mol. The third-order valence-corrected chi connectivity index (χ3v) is 10.7. The molecule has 3 nitrogen and oxygen atoms in total. The van der Waals surface area contributed by atoms with Gasteiger partial charge in [0.15, 0.2) is 13.9 Å². The van der Waals surface area contributed by atoms with Gasteiger partial charge in [0.25, 0.3) is 0 Å². The van der Waals surface area contributed by atoms with E-state index in [9.17, 15) is 0 Å². The minimum Gasteiger partial charge on any atom is -0.308 e. The third-order valence-electron chi connectivity index (χ3n) is 8.14. The van der Waals surface area contributed by atoms with Gasteiger partial charge in [-0.1, -0.05) is 77.9 Å². The number of anilines is 3. The number of hydrogen-bond acceptors (Lipinski definition) is 2. The van der Waals surface area contributed by atoms with E-state index < -0.39 is 7.69 Å². The summed E-state index contributed by atoms with van der Waals surface area (Å²) in [6, 6.07) is 33.6. The van der Waals surface area contributed by atoms with Gasteiger partial charge in [0.2, 0.25) is 5.52 Å². The average molecular weight is 541 g/mol. The lowest BCUT2D eigenvalue weighted by molar-refractivity contribution is -0.431. The van der Waals surface area contributed by atoms with Crippen molar-refractivity contribution >= 4 is 40.8 Å². The van der Waals surface area contributed by atoms with Crippen LogP contribution in [-0.2, 0) is 10.8 Å². The highest BCUT2D eigenvalue weighted by atomic mass is 31.1. The Kier molecular flexibility index (Phi) is 5.50. The molecule has 0 amide bonds. The molecule has 0 aliphatic carbocycles. The van der Waals surface area contributed by atoms with E-state index in [-0.39, 0.29) is 10.8 Å². The van der Waals surface area contributed by atoms with Gasteiger partial charge in [-0.2, -0.15) is 4.16 Å². The first-order chi connectivity index (χ1) is 19.1. The Morgan fingerprint density at radius 3 is 2.15 bits per heavy atom. The second kappa shape index (κ2) is 8.78. The van der Waals surface area contributed by atoms with Crippen LogP contribution in [0.15, 0.2) is 103 Å². The smallest absolute Gasteiger partial charge is 0.221 e. The van der Waals surface area contributed by atoms with Crippen LogP contribution in [0.4, 0.5) is 17.1 Å². The van der Waals surface area contributed by atoms with Crippen LogP contribution >= 0.6 is 7.69 Å². The molecule has 3 aromatic carbocycles. The number of pyridine rings is 2. The normalized spacial score (nSPS) is 13.7. The number of hydrogen-bond donors (Lipinski definition) is 0. The van der Waals surface area contributed by atoms with Gasteiger partial charge in [-0.25, -0.2) is 0 Å². The average Bonchev–Trinajstić information content (AvgIpc) is 3.27. The van der Waals surface area contributed by atoms with Crippen molar-refractivity contribution in [3.63, 3.8) is 0 Å². The lowest BCUT2D eigenvalue weighted by atomic mass is 9.87. The number of aromatic nitrogens is 2. The van der Waals surface area contributed by atoms with E-state index in [1.54, 1.807) is 0 Å². The summed E-state index contributed by atoms with van der Waals surface area (Å²) in [5, 5.41) is 4.14. The monoisotopic (exact) mass is 540 g/mol. The quantitative estimate of drug-likeness (QED) is 0.217. The van der Waals surface area contributed by atoms with Crippen molar-refractivity contribution in [2.75, 3.05) is 4.90 Å². The zero-order valence-electron chi connectivity index (χ0n) is 24.1. The maximum absolute atomic E-state index is 4.96. The second-order valence-electron chi connectivity index (χ2n) is 12.9. The summed E-state index contributed by atoms with van der Waals surface area (Å²) in [5.41, 5.74) is 10.0. The minimum atomic E-state index is -0.837. The molecule has 3 aromatic heterocycles. The molecule has 40 heavy (non-hydrogen) atoms. The molecule has 0 bridgehead atoms. The van der Waals surface area contributed by atoms with Crippen molar-refractivity contribution in [2.45, 2.75) is 52.4 Å². The van der Waals surface area contributed by atoms with E-state index in [1.165, 1.54) is 55.1 Å². The first-order valence-electron chi connectivity index (χ1n) is 14.1. The molecular formula is C36H35N3P+. The van der Waals surface area contributed by atoms with Gasteiger partial charge in [0.05, 0.1) is 32.9 Å². The molecule has 1 aliphatic rings. The van der Waals surface area contributed by atoms with E-state index >= 15 is 0 Å². The maximum atomic E-state index is 4.96. The SMILES string of the molecule is CC(C)(C)c1ccnc(-c2cccc3c2-p2c4c(cccc4c4cc(C(C)(C)C)cc[n+]42)N3c2ccccc2)c1. The third kappa shape index (κ3) is 3.79. The Balaban J connectivity index is 1.63. The van der Waals surface area contributed by atoms with E-state index in [2.05, 4.69) is 148 Å².